The predicted octanol–water partition coefficient (Wildman–Crippen LogP) is 3.39. The molecule has 0 unspecified atom stereocenters. The molecule has 1 heterocycles. The fourth-order valence-electron chi connectivity index (χ4n) is 8.79. The molecule has 34 heavy (non-hydrogen) atoms. The van der Waals surface area contributed by atoms with Gasteiger partial charge in [-0.15, -0.1) is 0 Å². The fourth-order valence-corrected chi connectivity index (χ4v) is 8.79. The van der Waals surface area contributed by atoms with E-state index in [1.165, 1.54) is 0 Å². The molecule has 0 radical (unpaired) electrons. The standard InChI is InChI=1S/C28H48O6/c1-14(2)15(3)24(31)25(32)16(4)18-7-8-19-17-13-34-26(33)21-11-22(29)23(30)12-28(21,6)20(17)9-10-27(18,19)5/h14-25,29-32H,7-13H2,1-6H3/t15-,16+,17+,18-,19+,20+,21-,22+,23-,24-,25-,27-,28-/m1/s1/i22T. The molecular weight excluding hydrogens is 432 g/mol. The van der Waals surface area contributed by atoms with Gasteiger partial charge >= 0.3 is 5.97 Å². The summed E-state index contributed by atoms with van der Waals surface area (Å²) in [5.41, 5.74) is -0.535. The molecule has 6 nitrogen and oxygen atoms in total. The minimum absolute atomic E-state index is 0.0137. The van der Waals surface area contributed by atoms with Gasteiger partial charge in [0.15, 0.2) is 0 Å². The van der Waals surface area contributed by atoms with Crippen molar-refractivity contribution in [3.63, 3.8) is 0 Å². The Morgan fingerprint density at radius 3 is 2.29 bits per heavy atom. The lowest BCUT2D eigenvalue weighted by molar-refractivity contribution is -0.162. The number of hydrogen-bond acceptors (Lipinski definition) is 6. The van der Waals surface area contributed by atoms with Crippen LogP contribution in [0.4, 0.5) is 0 Å². The second kappa shape index (κ2) is 9.32. The summed E-state index contributed by atoms with van der Waals surface area (Å²) in [5.74, 6) is 0.274. The van der Waals surface area contributed by atoms with E-state index in [4.69, 9.17) is 6.11 Å². The largest absolute Gasteiger partial charge is 0.465 e. The third-order valence-electron chi connectivity index (χ3n) is 11.4. The highest BCUT2D eigenvalue weighted by Crippen LogP contribution is 2.66. The molecule has 6 heteroatoms. The number of esters is 1. The van der Waals surface area contributed by atoms with Crippen LogP contribution < -0.4 is 0 Å². The van der Waals surface area contributed by atoms with Gasteiger partial charge in [0.2, 0.25) is 0 Å². The first-order valence-corrected chi connectivity index (χ1v) is 13.6. The van der Waals surface area contributed by atoms with Gasteiger partial charge < -0.3 is 25.2 Å². The number of ether oxygens (including phenoxy) is 1. The van der Waals surface area contributed by atoms with Crippen LogP contribution in [0.1, 0.15) is 81.4 Å². The minimum Gasteiger partial charge on any atom is -0.465 e. The molecule has 0 spiro atoms. The molecule has 4 aliphatic rings. The van der Waals surface area contributed by atoms with Gasteiger partial charge in [-0.25, -0.2) is 0 Å². The van der Waals surface area contributed by atoms with Gasteiger partial charge in [-0.05, 0) is 90.8 Å². The Morgan fingerprint density at radius 2 is 1.65 bits per heavy atom. The van der Waals surface area contributed by atoms with Crippen molar-refractivity contribution in [1.82, 2.24) is 0 Å². The second-order valence-corrected chi connectivity index (χ2v) is 13.2. The molecule has 3 saturated carbocycles. The maximum atomic E-state index is 13.1. The first kappa shape index (κ1) is 25.0. The summed E-state index contributed by atoms with van der Waals surface area (Å²) in [4.78, 5) is 13.1. The van der Waals surface area contributed by atoms with Gasteiger partial charge in [0.25, 0.3) is 0 Å². The van der Waals surface area contributed by atoms with Crippen molar-refractivity contribution in [1.29, 1.82) is 0 Å². The topological polar surface area (TPSA) is 107 Å². The number of fused-ring (bicyclic) bond motifs is 5. The summed E-state index contributed by atoms with van der Waals surface area (Å²) < 4.78 is 14.0. The molecule has 13 atom stereocenters. The van der Waals surface area contributed by atoms with Crippen molar-refractivity contribution in [2.75, 3.05) is 6.61 Å². The summed E-state index contributed by atoms with van der Waals surface area (Å²) in [7, 11) is 0. The van der Waals surface area contributed by atoms with Crippen LogP contribution in [0, 0.1) is 58.2 Å². The lowest BCUT2D eigenvalue weighted by Crippen LogP contribution is -2.55. The van der Waals surface area contributed by atoms with Crippen LogP contribution >= 0.6 is 0 Å². The zero-order valence-corrected chi connectivity index (χ0v) is 21.9. The van der Waals surface area contributed by atoms with Gasteiger partial charge in [0, 0.05) is 0 Å². The highest BCUT2D eigenvalue weighted by Gasteiger charge is 2.63. The lowest BCUT2D eigenvalue weighted by atomic mass is 9.48. The Hall–Kier alpha value is -0.690. The van der Waals surface area contributed by atoms with E-state index >= 15 is 0 Å². The second-order valence-electron chi connectivity index (χ2n) is 13.2. The Balaban J connectivity index is 1.59. The molecule has 0 aromatic heterocycles. The average Bonchev–Trinajstić information content (AvgIpc) is 3.10. The monoisotopic (exact) mass is 482 g/mol. The number of cyclic esters (lactones) is 1. The Bertz CT molecular complexity index is 802. The van der Waals surface area contributed by atoms with E-state index < -0.39 is 35.7 Å². The van der Waals surface area contributed by atoms with Crippen molar-refractivity contribution in [3.8, 4) is 0 Å². The van der Waals surface area contributed by atoms with Crippen LogP contribution in [0.25, 0.3) is 0 Å². The lowest BCUT2D eigenvalue weighted by Gasteiger charge is -2.56. The van der Waals surface area contributed by atoms with Crippen LogP contribution in [0.2, 0.25) is 0 Å². The molecule has 196 valence electrons. The average molecular weight is 483 g/mol. The quantitative estimate of drug-likeness (QED) is 0.448. The molecule has 0 aromatic rings. The number of rotatable bonds is 5. The Kier molecular flexibility index (Phi) is 6.84. The van der Waals surface area contributed by atoms with E-state index in [2.05, 4.69) is 34.6 Å². The molecule has 4 N–H and O–H groups in total. The van der Waals surface area contributed by atoms with Crippen molar-refractivity contribution in [2.45, 2.75) is 104 Å². The fraction of sp³-hybridized carbons (Fsp3) is 0.964. The van der Waals surface area contributed by atoms with Crippen molar-refractivity contribution < 1.29 is 31.3 Å². The van der Waals surface area contributed by atoms with Gasteiger partial charge in [-0.3, -0.25) is 4.79 Å². The summed E-state index contributed by atoms with van der Waals surface area (Å²) in [5, 5.41) is 43.1. The molecule has 1 saturated heterocycles. The number of carbonyl (C=O) groups is 1. The molecule has 3 aliphatic carbocycles. The first-order chi connectivity index (χ1) is 16.1. The summed E-state index contributed by atoms with van der Waals surface area (Å²) in [6.07, 6.45) is -0.751. The van der Waals surface area contributed by atoms with Crippen molar-refractivity contribution in [3.05, 3.63) is 0 Å². The summed E-state index contributed by atoms with van der Waals surface area (Å²) in [6.45, 7) is 13.0. The smallest absolute Gasteiger partial charge is 0.309 e. The Labute approximate surface area is 206 Å². The van der Waals surface area contributed by atoms with Gasteiger partial charge in [-0.2, -0.15) is 0 Å². The van der Waals surface area contributed by atoms with Crippen molar-refractivity contribution >= 4 is 5.97 Å². The van der Waals surface area contributed by atoms with Crippen LogP contribution in [0.3, 0.4) is 0 Å². The van der Waals surface area contributed by atoms with Crippen LogP contribution in [-0.2, 0) is 9.53 Å². The van der Waals surface area contributed by atoms with Crippen LogP contribution in [0.5, 0.6) is 0 Å². The van der Waals surface area contributed by atoms with E-state index in [1.807, 2.05) is 6.92 Å². The molecule has 1 aliphatic heterocycles. The van der Waals surface area contributed by atoms with Crippen LogP contribution in [0.15, 0.2) is 0 Å². The maximum absolute atomic E-state index is 13.1. The normalized spacial score (nSPS) is 50.7. The minimum atomic E-state index is -2.02. The zero-order valence-electron chi connectivity index (χ0n) is 22.9. The number of carbonyl (C=O) groups excluding carboxylic acids is 1. The third-order valence-corrected chi connectivity index (χ3v) is 11.4. The maximum Gasteiger partial charge on any atom is 0.309 e. The third kappa shape index (κ3) is 4.05. The van der Waals surface area contributed by atoms with Crippen LogP contribution in [-0.4, -0.2) is 57.4 Å². The molecule has 0 aromatic carbocycles. The van der Waals surface area contributed by atoms with E-state index in [9.17, 15) is 25.2 Å². The predicted molar refractivity (Wildman–Crippen MR) is 130 cm³/mol. The molecule has 0 bridgehead atoms. The Morgan fingerprint density at radius 1 is 1.00 bits per heavy atom. The molecular formula is C28H48O6. The zero-order chi connectivity index (χ0) is 26.1. The number of aliphatic hydroxyl groups excluding tert-OH is 3. The molecule has 4 fully saturated rings. The highest BCUT2D eigenvalue weighted by atomic mass is 16.5. The highest BCUT2D eigenvalue weighted by molar-refractivity contribution is 5.74. The number of aliphatic hydroxyl groups is 4. The van der Waals surface area contributed by atoms with E-state index in [0.717, 1.165) is 25.7 Å². The molecule has 0 amide bonds. The number of hydrogen-bond donors (Lipinski definition) is 4. The molecule has 4 rings (SSSR count). The van der Waals surface area contributed by atoms with E-state index in [-0.39, 0.29) is 59.7 Å². The van der Waals surface area contributed by atoms with Crippen molar-refractivity contribution in [2.24, 2.45) is 58.2 Å². The SMILES string of the molecule is [3H][C@]1(O)C[C@@H]2C(=O)OC[C@@H]3[C@H](CC[C@]4(C)[C@@H]([C@H](C)[C@@H](O)[C@H](O)[C@H](C)C(C)C)CC[C@@H]34)[C@@]2(C)C[C@H]1O. The summed E-state index contributed by atoms with van der Waals surface area (Å²) >= 11 is 0. The van der Waals surface area contributed by atoms with E-state index in [0.29, 0.717) is 12.5 Å². The van der Waals surface area contributed by atoms with Gasteiger partial charge in [0.05, 0.1) is 38.3 Å². The van der Waals surface area contributed by atoms with Gasteiger partial charge in [-0.1, -0.05) is 41.5 Å². The van der Waals surface area contributed by atoms with E-state index in [1.54, 1.807) is 0 Å². The van der Waals surface area contributed by atoms with Gasteiger partial charge in [0.1, 0.15) is 0 Å². The first-order valence-electron chi connectivity index (χ1n) is 14.1. The summed E-state index contributed by atoms with van der Waals surface area (Å²) in [6, 6.07) is 0.